The molecule has 1 aliphatic rings. The molecule has 4 rings (SSSR count). The summed E-state index contributed by atoms with van der Waals surface area (Å²) in [5.74, 6) is 0.651. The third-order valence-corrected chi connectivity index (χ3v) is 6.59. The number of imidazole rings is 1. The minimum atomic E-state index is -1.31. The van der Waals surface area contributed by atoms with Crippen LogP contribution in [-0.2, 0) is 28.7 Å². The number of ether oxygens (including phenoxy) is 1. The van der Waals surface area contributed by atoms with Gasteiger partial charge in [-0.15, -0.1) is 0 Å². The van der Waals surface area contributed by atoms with E-state index in [1.54, 1.807) is 44.7 Å². The van der Waals surface area contributed by atoms with Gasteiger partial charge in [0.05, 0.1) is 29.2 Å². The Kier molecular flexibility index (Phi) is 7.12. The van der Waals surface area contributed by atoms with E-state index in [4.69, 9.17) is 15.0 Å². The highest BCUT2D eigenvalue weighted by atomic mass is 16.6. The molecule has 1 atom stereocenters. The van der Waals surface area contributed by atoms with Crippen LogP contribution in [0.1, 0.15) is 57.5 Å². The van der Waals surface area contributed by atoms with Gasteiger partial charge in [0.2, 0.25) is 0 Å². The number of nitrogens with one attached hydrogen (secondary N) is 2. The molecule has 2 N–H and O–H groups in total. The highest BCUT2D eigenvalue weighted by Crippen LogP contribution is 2.29. The Hall–Kier alpha value is -4.06. The maximum absolute atomic E-state index is 13.7. The summed E-state index contributed by atoms with van der Waals surface area (Å²) < 4.78 is 7.50. The molecule has 3 aromatic rings. The molecule has 0 saturated carbocycles. The molecule has 1 aromatic heterocycles. The number of hydrogen-bond acceptors (Lipinski definition) is 6. The van der Waals surface area contributed by atoms with Crippen molar-refractivity contribution in [3.8, 4) is 6.07 Å². The van der Waals surface area contributed by atoms with Crippen LogP contribution >= 0.6 is 0 Å². The molecular weight excluding hydrogens is 468 g/mol. The third kappa shape index (κ3) is 5.69. The Morgan fingerprint density at radius 3 is 2.38 bits per heavy atom. The first-order valence-electron chi connectivity index (χ1n) is 12.5. The average molecular weight is 503 g/mol. The number of carbonyl (C=O) groups is 2. The number of alkyl carbamates (subject to hydrolysis) is 1. The van der Waals surface area contributed by atoms with E-state index in [1.165, 1.54) is 0 Å². The molecule has 1 aliphatic heterocycles. The second-order valence-electron chi connectivity index (χ2n) is 10.6. The monoisotopic (exact) mass is 502 g/mol. The molecule has 2 aromatic carbocycles. The fraction of sp³-hybridized carbons (Fsp3) is 0.429. The van der Waals surface area contributed by atoms with Crippen molar-refractivity contribution in [1.29, 1.82) is 5.26 Å². The van der Waals surface area contributed by atoms with Gasteiger partial charge in [-0.3, -0.25) is 4.79 Å². The Bertz CT molecular complexity index is 1340. The van der Waals surface area contributed by atoms with Crippen LogP contribution in [0.4, 0.5) is 10.5 Å². The van der Waals surface area contributed by atoms with Gasteiger partial charge in [0.15, 0.2) is 0 Å². The van der Waals surface area contributed by atoms with Crippen molar-refractivity contribution >= 4 is 28.7 Å². The minimum absolute atomic E-state index is 0.158. The summed E-state index contributed by atoms with van der Waals surface area (Å²) in [5, 5.41) is 15.2. The number of aromatic nitrogens is 2. The van der Waals surface area contributed by atoms with Crippen LogP contribution < -0.4 is 10.6 Å². The smallest absolute Gasteiger partial charge is 0.408 e. The summed E-state index contributed by atoms with van der Waals surface area (Å²) in [5.41, 5.74) is 1.77. The summed E-state index contributed by atoms with van der Waals surface area (Å²) in [4.78, 5) is 33.1. The normalized spacial score (nSPS) is 15.2. The number of hydrogen-bond donors (Lipinski definition) is 2. The number of nitrogens with zero attached hydrogens (tertiary/aromatic N) is 4. The number of amides is 2. The van der Waals surface area contributed by atoms with E-state index in [0.29, 0.717) is 30.8 Å². The summed E-state index contributed by atoms with van der Waals surface area (Å²) in [6, 6.07) is 15.0. The van der Waals surface area contributed by atoms with Crippen LogP contribution in [0.2, 0.25) is 0 Å². The van der Waals surface area contributed by atoms with Gasteiger partial charge in [0, 0.05) is 25.8 Å². The first-order valence-corrected chi connectivity index (χ1v) is 12.5. The van der Waals surface area contributed by atoms with Crippen molar-refractivity contribution in [3.63, 3.8) is 0 Å². The van der Waals surface area contributed by atoms with E-state index < -0.39 is 17.2 Å². The molecule has 1 saturated heterocycles. The van der Waals surface area contributed by atoms with E-state index >= 15 is 0 Å². The maximum Gasteiger partial charge on any atom is 0.408 e. The lowest BCUT2D eigenvalue weighted by atomic mass is 9.90. The predicted octanol–water partition coefficient (Wildman–Crippen LogP) is 4.42. The van der Waals surface area contributed by atoms with Crippen molar-refractivity contribution in [3.05, 3.63) is 59.4 Å². The molecule has 1 fully saturated rings. The zero-order chi connectivity index (χ0) is 26.8. The highest BCUT2D eigenvalue weighted by molar-refractivity contribution is 5.92. The quantitative estimate of drug-likeness (QED) is 0.516. The molecule has 2 amide bonds. The van der Waals surface area contributed by atoms with E-state index in [2.05, 4.69) is 16.7 Å². The van der Waals surface area contributed by atoms with E-state index in [9.17, 15) is 9.59 Å². The number of carbonyl (C=O) groups excluding carboxylic acids is 2. The molecule has 194 valence electrons. The van der Waals surface area contributed by atoms with E-state index in [-0.39, 0.29) is 5.91 Å². The lowest BCUT2D eigenvalue weighted by molar-refractivity contribution is -0.137. The first-order chi connectivity index (χ1) is 17.5. The van der Waals surface area contributed by atoms with Crippen molar-refractivity contribution in [2.75, 3.05) is 18.4 Å². The molecule has 0 spiro atoms. The van der Waals surface area contributed by atoms with Gasteiger partial charge in [-0.25, -0.2) is 9.78 Å². The van der Waals surface area contributed by atoms with Crippen LogP contribution in [0.15, 0.2) is 42.5 Å². The zero-order valence-electron chi connectivity index (χ0n) is 22.1. The average Bonchev–Trinajstić information content (AvgIpc) is 3.49. The Labute approximate surface area is 217 Å². The fourth-order valence-electron chi connectivity index (χ4n) is 4.56. The van der Waals surface area contributed by atoms with Crippen molar-refractivity contribution in [2.24, 2.45) is 7.05 Å². The summed E-state index contributed by atoms with van der Waals surface area (Å²) >= 11 is 0. The highest BCUT2D eigenvalue weighted by Gasteiger charge is 2.42. The molecule has 9 nitrogen and oxygen atoms in total. The minimum Gasteiger partial charge on any atom is -0.444 e. The van der Waals surface area contributed by atoms with Crippen molar-refractivity contribution in [2.45, 2.75) is 58.2 Å². The van der Waals surface area contributed by atoms with Crippen LogP contribution in [0.5, 0.6) is 0 Å². The molecule has 0 unspecified atom stereocenters. The molecule has 0 bridgehead atoms. The molecule has 0 radical (unpaired) electrons. The van der Waals surface area contributed by atoms with Gasteiger partial charge >= 0.3 is 6.09 Å². The fourth-order valence-corrected chi connectivity index (χ4v) is 4.56. The first kappa shape index (κ1) is 26.0. The standard InChI is InChI=1S/C28H34N6O3/c1-27(2,3)37-26(36)32-28(4,25(35)34-14-6-7-15-34)20-10-13-23-22(16-20)31-24(33(23)5)18-30-21-11-8-19(17-29)9-12-21/h8-13,16,30H,6-7,14-15,18H2,1-5H3,(H,32,36)/t28-/m1/s1. The summed E-state index contributed by atoms with van der Waals surface area (Å²) in [6.07, 6.45) is 1.25. The number of aryl methyl sites for hydroxylation is 1. The van der Waals surface area contributed by atoms with Crippen LogP contribution in [-0.4, -0.2) is 45.1 Å². The Morgan fingerprint density at radius 2 is 1.76 bits per heavy atom. The van der Waals surface area contributed by atoms with Crippen LogP contribution in [0.25, 0.3) is 11.0 Å². The van der Waals surface area contributed by atoms with E-state index in [0.717, 1.165) is 35.4 Å². The number of fused-ring (bicyclic) bond motifs is 1. The second kappa shape index (κ2) is 10.1. The van der Waals surface area contributed by atoms with Gasteiger partial charge in [-0.05, 0) is 82.5 Å². The number of rotatable bonds is 6. The third-order valence-electron chi connectivity index (χ3n) is 6.59. The van der Waals surface area contributed by atoms with Crippen LogP contribution in [0.3, 0.4) is 0 Å². The van der Waals surface area contributed by atoms with Crippen molar-refractivity contribution < 1.29 is 14.3 Å². The van der Waals surface area contributed by atoms with Gasteiger partial charge in [-0.2, -0.15) is 5.26 Å². The Balaban J connectivity index is 1.63. The maximum atomic E-state index is 13.7. The number of likely N-dealkylation sites (tertiary alicyclic amines) is 1. The molecule has 2 heterocycles. The Morgan fingerprint density at radius 1 is 1.08 bits per heavy atom. The van der Waals surface area contributed by atoms with Gasteiger partial charge < -0.3 is 24.8 Å². The van der Waals surface area contributed by atoms with Crippen molar-refractivity contribution in [1.82, 2.24) is 19.8 Å². The number of benzene rings is 2. The number of anilines is 1. The molecule has 37 heavy (non-hydrogen) atoms. The zero-order valence-corrected chi connectivity index (χ0v) is 22.1. The SMILES string of the molecule is Cn1c(CNc2ccc(C#N)cc2)nc2cc([C@@](C)(NC(=O)OC(C)(C)C)C(=O)N3CCCC3)ccc21. The predicted molar refractivity (Wildman–Crippen MR) is 142 cm³/mol. The molecular formula is C28H34N6O3. The van der Waals surface area contributed by atoms with Gasteiger partial charge in [0.25, 0.3) is 5.91 Å². The lowest BCUT2D eigenvalue weighted by Gasteiger charge is -2.34. The summed E-state index contributed by atoms with van der Waals surface area (Å²) in [7, 11) is 1.94. The van der Waals surface area contributed by atoms with E-state index in [1.807, 2.05) is 41.9 Å². The number of nitriles is 1. The molecule has 9 heteroatoms. The lowest BCUT2D eigenvalue weighted by Crippen LogP contribution is -2.55. The van der Waals surface area contributed by atoms with Crippen LogP contribution in [0, 0.1) is 11.3 Å². The summed E-state index contributed by atoms with van der Waals surface area (Å²) in [6.45, 7) is 8.92. The molecule has 0 aliphatic carbocycles. The van der Waals surface area contributed by atoms with Gasteiger partial charge in [-0.1, -0.05) is 6.07 Å². The topological polar surface area (TPSA) is 112 Å². The van der Waals surface area contributed by atoms with Gasteiger partial charge in [0.1, 0.15) is 17.0 Å². The second-order valence-corrected chi connectivity index (χ2v) is 10.6. The largest absolute Gasteiger partial charge is 0.444 e.